The van der Waals surface area contributed by atoms with Crippen molar-refractivity contribution in [3.8, 4) is 0 Å². The number of rotatable bonds is 4. The van der Waals surface area contributed by atoms with Crippen LogP contribution in [0.4, 0.5) is 5.69 Å². The third-order valence-electron chi connectivity index (χ3n) is 2.49. The van der Waals surface area contributed by atoms with Gasteiger partial charge in [-0.3, -0.25) is 0 Å². The summed E-state index contributed by atoms with van der Waals surface area (Å²) in [5, 5.41) is 19.2. The second-order valence-electron chi connectivity index (χ2n) is 3.83. The molecule has 0 radical (unpaired) electrons. The van der Waals surface area contributed by atoms with Crippen LogP contribution >= 0.6 is 0 Å². The number of benzene rings is 1. The Balaban J connectivity index is 2.82. The molecule has 0 aromatic heterocycles. The van der Waals surface area contributed by atoms with E-state index in [1.165, 1.54) is 0 Å². The van der Waals surface area contributed by atoms with Crippen molar-refractivity contribution < 1.29 is 10.2 Å². The SMILES string of the molecule is CN(C)[C@H](CO)[C@@H](O)c1ccc(N)cc1. The lowest BCUT2D eigenvalue weighted by Gasteiger charge is -2.27. The minimum Gasteiger partial charge on any atom is -0.399 e. The normalized spacial score (nSPS) is 15.3. The molecule has 84 valence electrons. The number of nitrogen functional groups attached to an aromatic ring is 1. The summed E-state index contributed by atoms with van der Waals surface area (Å²) in [4.78, 5) is 1.79. The largest absolute Gasteiger partial charge is 0.399 e. The minimum atomic E-state index is -0.703. The lowest BCUT2D eigenvalue weighted by Crippen LogP contribution is -2.37. The number of hydrogen-bond donors (Lipinski definition) is 3. The molecule has 0 aliphatic heterocycles. The van der Waals surface area contributed by atoms with Crippen molar-refractivity contribution in [3.63, 3.8) is 0 Å². The van der Waals surface area contributed by atoms with E-state index in [1.54, 1.807) is 29.2 Å². The van der Waals surface area contributed by atoms with E-state index in [-0.39, 0.29) is 12.6 Å². The molecule has 0 aliphatic rings. The average Bonchev–Trinajstić information content (AvgIpc) is 2.19. The zero-order chi connectivity index (χ0) is 11.4. The van der Waals surface area contributed by atoms with Crippen molar-refractivity contribution >= 4 is 5.69 Å². The van der Waals surface area contributed by atoms with E-state index in [2.05, 4.69) is 0 Å². The molecular formula is C11H18N2O2. The first-order valence-corrected chi connectivity index (χ1v) is 4.87. The predicted molar refractivity (Wildman–Crippen MR) is 60.4 cm³/mol. The molecule has 2 atom stereocenters. The molecule has 15 heavy (non-hydrogen) atoms. The maximum atomic E-state index is 10.00. The van der Waals surface area contributed by atoms with E-state index in [0.717, 1.165) is 5.56 Å². The van der Waals surface area contributed by atoms with Crippen molar-refractivity contribution in [1.29, 1.82) is 0 Å². The van der Waals surface area contributed by atoms with E-state index in [1.807, 2.05) is 14.1 Å². The molecule has 1 aromatic carbocycles. The van der Waals surface area contributed by atoms with E-state index in [4.69, 9.17) is 10.8 Å². The highest BCUT2D eigenvalue weighted by molar-refractivity contribution is 5.40. The standard InChI is InChI=1S/C11H18N2O2/c1-13(2)10(7-14)11(15)8-3-5-9(12)6-4-8/h3-6,10-11,14-15H,7,12H2,1-2H3/t10-,11+/m1/s1. The molecule has 0 bridgehead atoms. The molecule has 1 rings (SSSR count). The summed E-state index contributed by atoms with van der Waals surface area (Å²) in [6.45, 7) is -0.0848. The van der Waals surface area contributed by atoms with Gasteiger partial charge in [0.05, 0.1) is 18.8 Å². The summed E-state index contributed by atoms with van der Waals surface area (Å²) in [7, 11) is 3.64. The van der Waals surface area contributed by atoms with Gasteiger partial charge in [0.15, 0.2) is 0 Å². The van der Waals surface area contributed by atoms with Crippen molar-refractivity contribution in [1.82, 2.24) is 4.90 Å². The van der Waals surface area contributed by atoms with Gasteiger partial charge in [0.25, 0.3) is 0 Å². The summed E-state index contributed by atoms with van der Waals surface area (Å²) in [6, 6.07) is 6.72. The maximum Gasteiger partial charge on any atom is 0.0967 e. The Labute approximate surface area is 89.9 Å². The maximum absolute atomic E-state index is 10.00. The molecule has 4 nitrogen and oxygen atoms in total. The summed E-state index contributed by atoms with van der Waals surface area (Å²) in [5.41, 5.74) is 6.98. The van der Waals surface area contributed by atoms with Gasteiger partial charge < -0.3 is 20.8 Å². The smallest absolute Gasteiger partial charge is 0.0967 e. The number of nitrogens with two attached hydrogens (primary N) is 1. The Morgan fingerprint density at radius 2 is 1.80 bits per heavy atom. The lowest BCUT2D eigenvalue weighted by atomic mass is 10.0. The fourth-order valence-electron chi connectivity index (χ4n) is 1.46. The Morgan fingerprint density at radius 3 is 2.20 bits per heavy atom. The van der Waals surface area contributed by atoms with Gasteiger partial charge in [-0.15, -0.1) is 0 Å². The molecule has 0 unspecified atom stereocenters. The van der Waals surface area contributed by atoms with Gasteiger partial charge in [0.1, 0.15) is 0 Å². The van der Waals surface area contributed by atoms with Crippen molar-refractivity contribution in [2.75, 3.05) is 26.4 Å². The van der Waals surface area contributed by atoms with Gasteiger partial charge in [-0.2, -0.15) is 0 Å². The molecule has 0 aliphatic carbocycles. The first-order chi connectivity index (χ1) is 7.06. The van der Waals surface area contributed by atoms with Crippen LogP contribution in [0.2, 0.25) is 0 Å². The number of nitrogens with zero attached hydrogens (tertiary/aromatic N) is 1. The van der Waals surface area contributed by atoms with E-state index in [0.29, 0.717) is 5.69 Å². The second-order valence-corrected chi connectivity index (χ2v) is 3.83. The fourth-order valence-corrected chi connectivity index (χ4v) is 1.46. The molecule has 0 saturated heterocycles. The molecule has 1 aromatic rings. The average molecular weight is 210 g/mol. The number of aliphatic hydroxyl groups excluding tert-OH is 2. The number of hydrogen-bond acceptors (Lipinski definition) is 4. The van der Waals surface area contributed by atoms with E-state index in [9.17, 15) is 5.11 Å². The quantitative estimate of drug-likeness (QED) is 0.622. The van der Waals surface area contributed by atoms with Crippen molar-refractivity contribution in [3.05, 3.63) is 29.8 Å². The first-order valence-electron chi connectivity index (χ1n) is 4.87. The van der Waals surface area contributed by atoms with Crippen LogP contribution < -0.4 is 5.73 Å². The van der Waals surface area contributed by atoms with Crippen LogP contribution in [0.25, 0.3) is 0 Å². The van der Waals surface area contributed by atoms with Gasteiger partial charge in [-0.05, 0) is 31.8 Å². The van der Waals surface area contributed by atoms with Crippen LogP contribution in [0.15, 0.2) is 24.3 Å². The van der Waals surface area contributed by atoms with Crippen LogP contribution in [-0.4, -0.2) is 41.9 Å². The van der Waals surface area contributed by atoms with Crippen LogP contribution in [0.5, 0.6) is 0 Å². The number of anilines is 1. The highest BCUT2D eigenvalue weighted by atomic mass is 16.3. The highest BCUT2D eigenvalue weighted by Gasteiger charge is 2.21. The monoisotopic (exact) mass is 210 g/mol. The van der Waals surface area contributed by atoms with Gasteiger partial charge in [-0.25, -0.2) is 0 Å². The van der Waals surface area contributed by atoms with Crippen LogP contribution in [0.1, 0.15) is 11.7 Å². The van der Waals surface area contributed by atoms with Gasteiger partial charge >= 0.3 is 0 Å². The highest BCUT2D eigenvalue weighted by Crippen LogP contribution is 2.20. The zero-order valence-corrected chi connectivity index (χ0v) is 9.09. The zero-order valence-electron chi connectivity index (χ0n) is 9.09. The molecule has 0 heterocycles. The van der Waals surface area contributed by atoms with E-state index < -0.39 is 6.10 Å². The third-order valence-corrected chi connectivity index (χ3v) is 2.49. The van der Waals surface area contributed by atoms with Gasteiger partial charge in [0.2, 0.25) is 0 Å². The first kappa shape index (κ1) is 12.0. The Hall–Kier alpha value is -1.10. The van der Waals surface area contributed by atoms with Crippen molar-refractivity contribution in [2.24, 2.45) is 0 Å². The Kier molecular flexibility index (Phi) is 4.08. The number of aliphatic hydroxyl groups is 2. The Morgan fingerprint density at radius 1 is 1.27 bits per heavy atom. The molecule has 0 fully saturated rings. The second kappa shape index (κ2) is 5.11. The summed E-state index contributed by atoms with van der Waals surface area (Å²) >= 11 is 0. The summed E-state index contributed by atoms with van der Waals surface area (Å²) < 4.78 is 0. The molecule has 4 N–H and O–H groups in total. The van der Waals surface area contributed by atoms with Gasteiger partial charge in [0, 0.05) is 5.69 Å². The van der Waals surface area contributed by atoms with E-state index >= 15 is 0 Å². The molecule has 0 saturated carbocycles. The topological polar surface area (TPSA) is 69.7 Å². The third kappa shape index (κ3) is 2.92. The molecular weight excluding hydrogens is 192 g/mol. The lowest BCUT2D eigenvalue weighted by molar-refractivity contribution is 0.0390. The van der Waals surface area contributed by atoms with Crippen molar-refractivity contribution in [2.45, 2.75) is 12.1 Å². The van der Waals surface area contributed by atoms with Crippen LogP contribution in [-0.2, 0) is 0 Å². The summed E-state index contributed by atoms with van der Waals surface area (Å²) in [5.74, 6) is 0. The summed E-state index contributed by atoms with van der Waals surface area (Å²) in [6.07, 6.45) is -0.703. The minimum absolute atomic E-state index is 0.0848. The van der Waals surface area contributed by atoms with Crippen LogP contribution in [0, 0.1) is 0 Å². The molecule has 0 amide bonds. The number of likely N-dealkylation sites (N-methyl/N-ethyl adjacent to an activating group) is 1. The molecule has 0 spiro atoms. The predicted octanol–water partition coefficient (Wildman–Crippen LogP) is 0.225. The fraction of sp³-hybridized carbons (Fsp3) is 0.455. The van der Waals surface area contributed by atoms with Crippen LogP contribution in [0.3, 0.4) is 0 Å². The Bertz CT molecular complexity index is 298. The molecule has 4 heteroatoms. The van der Waals surface area contributed by atoms with Gasteiger partial charge in [-0.1, -0.05) is 12.1 Å².